The standard InChI is InChI=1S/C21H22N2O4S/c1-15(14-27-2)23-28(25,26)20-11-8-17(9-12-20)21(24)22-19-10-7-16-5-3-4-6-18(16)13-19/h3-13,15,23H,14H2,1-2H3,(H,22,24)/t15-/m0/s1. The number of fused-ring (bicyclic) bond motifs is 1. The second-order valence-electron chi connectivity index (χ2n) is 6.52. The number of hydrogen-bond acceptors (Lipinski definition) is 4. The Morgan fingerprint density at radius 2 is 1.68 bits per heavy atom. The molecule has 7 heteroatoms. The van der Waals surface area contributed by atoms with Crippen LogP contribution in [0.5, 0.6) is 0 Å². The third kappa shape index (κ3) is 4.75. The Morgan fingerprint density at radius 3 is 2.36 bits per heavy atom. The predicted molar refractivity (Wildman–Crippen MR) is 110 cm³/mol. The number of carbonyl (C=O) groups excluding carboxylic acids is 1. The van der Waals surface area contributed by atoms with Gasteiger partial charge in [0.25, 0.3) is 5.91 Å². The van der Waals surface area contributed by atoms with Crippen molar-refractivity contribution >= 4 is 32.4 Å². The molecule has 2 N–H and O–H groups in total. The van der Waals surface area contributed by atoms with E-state index in [2.05, 4.69) is 10.0 Å². The van der Waals surface area contributed by atoms with Gasteiger partial charge in [0.15, 0.2) is 0 Å². The molecule has 0 heterocycles. The summed E-state index contributed by atoms with van der Waals surface area (Å²) in [6.45, 7) is 1.98. The normalized spacial score (nSPS) is 12.6. The maximum absolute atomic E-state index is 12.5. The molecule has 1 atom stereocenters. The monoisotopic (exact) mass is 398 g/mol. The molecule has 0 radical (unpaired) electrons. The van der Waals surface area contributed by atoms with Gasteiger partial charge in [0.1, 0.15) is 0 Å². The Balaban J connectivity index is 1.72. The van der Waals surface area contributed by atoms with Crippen molar-refractivity contribution in [2.24, 2.45) is 0 Å². The summed E-state index contributed by atoms with van der Waals surface area (Å²) in [5.41, 5.74) is 1.05. The number of methoxy groups -OCH3 is 1. The van der Waals surface area contributed by atoms with Crippen LogP contribution in [-0.2, 0) is 14.8 Å². The van der Waals surface area contributed by atoms with E-state index in [9.17, 15) is 13.2 Å². The highest BCUT2D eigenvalue weighted by atomic mass is 32.2. The van der Waals surface area contributed by atoms with Gasteiger partial charge in [-0.15, -0.1) is 0 Å². The highest BCUT2D eigenvalue weighted by molar-refractivity contribution is 7.89. The van der Waals surface area contributed by atoms with Crippen molar-refractivity contribution in [1.29, 1.82) is 0 Å². The molecular weight excluding hydrogens is 376 g/mol. The fraction of sp³-hybridized carbons (Fsp3) is 0.190. The van der Waals surface area contributed by atoms with Crippen LogP contribution >= 0.6 is 0 Å². The summed E-state index contributed by atoms with van der Waals surface area (Å²) in [5.74, 6) is -0.306. The van der Waals surface area contributed by atoms with E-state index in [-0.39, 0.29) is 23.5 Å². The second-order valence-corrected chi connectivity index (χ2v) is 8.23. The minimum absolute atomic E-state index is 0.0951. The fourth-order valence-electron chi connectivity index (χ4n) is 2.87. The first kappa shape index (κ1) is 20.0. The Labute approximate surface area is 164 Å². The van der Waals surface area contributed by atoms with Crippen LogP contribution in [0, 0.1) is 0 Å². The first-order chi connectivity index (χ1) is 13.4. The maximum Gasteiger partial charge on any atom is 0.255 e. The summed E-state index contributed by atoms with van der Waals surface area (Å²) in [4.78, 5) is 12.6. The molecule has 0 bridgehead atoms. The number of ether oxygens (including phenoxy) is 1. The van der Waals surface area contributed by atoms with Gasteiger partial charge in [0.05, 0.1) is 11.5 Å². The van der Waals surface area contributed by atoms with Gasteiger partial charge < -0.3 is 10.1 Å². The van der Waals surface area contributed by atoms with Crippen LogP contribution in [-0.4, -0.2) is 34.1 Å². The number of rotatable bonds is 7. The zero-order chi connectivity index (χ0) is 20.1. The number of carbonyl (C=O) groups is 1. The van der Waals surface area contributed by atoms with E-state index in [4.69, 9.17) is 4.74 Å². The fourth-order valence-corrected chi connectivity index (χ4v) is 4.10. The van der Waals surface area contributed by atoms with E-state index in [1.54, 1.807) is 6.92 Å². The summed E-state index contributed by atoms with van der Waals surface area (Å²) >= 11 is 0. The van der Waals surface area contributed by atoms with E-state index in [0.29, 0.717) is 11.3 Å². The molecule has 0 spiro atoms. The molecule has 0 saturated carbocycles. The number of sulfonamides is 1. The molecule has 0 fully saturated rings. The second kappa shape index (κ2) is 8.52. The van der Waals surface area contributed by atoms with E-state index in [1.807, 2.05) is 42.5 Å². The smallest absolute Gasteiger partial charge is 0.255 e. The Hall–Kier alpha value is -2.74. The summed E-state index contributed by atoms with van der Waals surface area (Å²) < 4.78 is 32.2. The SMILES string of the molecule is COC[C@H](C)NS(=O)(=O)c1ccc(C(=O)Nc2ccc3ccccc3c2)cc1. The van der Waals surface area contributed by atoms with Crippen LogP contribution in [0.2, 0.25) is 0 Å². The molecule has 0 saturated heterocycles. The molecule has 0 aromatic heterocycles. The maximum atomic E-state index is 12.5. The van der Waals surface area contributed by atoms with Crippen LogP contribution < -0.4 is 10.0 Å². The molecule has 0 aliphatic heterocycles. The Bertz CT molecular complexity index is 1080. The van der Waals surface area contributed by atoms with Gasteiger partial charge in [-0.25, -0.2) is 13.1 Å². The average Bonchev–Trinajstić information content (AvgIpc) is 2.68. The van der Waals surface area contributed by atoms with Crippen molar-refractivity contribution in [1.82, 2.24) is 4.72 Å². The van der Waals surface area contributed by atoms with Crippen molar-refractivity contribution in [3.8, 4) is 0 Å². The van der Waals surface area contributed by atoms with E-state index >= 15 is 0 Å². The Kier molecular flexibility index (Phi) is 6.08. The van der Waals surface area contributed by atoms with Crippen molar-refractivity contribution in [2.75, 3.05) is 19.0 Å². The third-order valence-electron chi connectivity index (χ3n) is 4.21. The summed E-state index contributed by atoms with van der Waals surface area (Å²) in [6.07, 6.45) is 0. The van der Waals surface area contributed by atoms with Crippen molar-refractivity contribution in [3.63, 3.8) is 0 Å². The van der Waals surface area contributed by atoms with Crippen LogP contribution in [0.25, 0.3) is 10.8 Å². The highest BCUT2D eigenvalue weighted by Crippen LogP contribution is 2.20. The molecule has 146 valence electrons. The van der Waals surface area contributed by atoms with Gasteiger partial charge >= 0.3 is 0 Å². The van der Waals surface area contributed by atoms with Gasteiger partial charge in [0, 0.05) is 24.4 Å². The van der Waals surface area contributed by atoms with Gasteiger partial charge in [-0.2, -0.15) is 0 Å². The lowest BCUT2D eigenvalue weighted by Gasteiger charge is -2.13. The number of anilines is 1. The van der Waals surface area contributed by atoms with Crippen molar-refractivity contribution in [3.05, 3.63) is 72.3 Å². The van der Waals surface area contributed by atoms with E-state index in [1.165, 1.54) is 31.4 Å². The average molecular weight is 398 g/mol. The lowest BCUT2D eigenvalue weighted by atomic mass is 10.1. The number of nitrogens with one attached hydrogen (secondary N) is 2. The lowest BCUT2D eigenvalue weighted by Crippen LogP contribution is -2.35. The topological polar surface area (TPSA) is 84.5 Å². The number of amides is 1. The van der Waals surface area contributed by atoms with E-state index < -0.39 is 10.0 Å². The lowest BCUT2D eigenvalue weighted by molar-refractivity contribution is 0.102. The van der Waals surface area contributed by atoms with Crippen molar-refractivity contribution in [2.45, 2.75) is 17.9 Å². The highest BCUT2D eigenvalue weighted by Gasteiger charge is 2.18. The summed E-state index contributed by atoms with van der Waals surface area (Å²) in [7, 11) is -2.16. The summed E-state index contributed by atoms with van der Waals surface area (Å²) in [5, 5.41) is 4.95. The molecule has 3 rings (SSSR count). The largest absolute Gasteiger partial charge is 0.383 e. The van der Waals surface area contributed by atoms with Crippen LogP contribution in [0.4, 0.5) is 5.69 Å². The molecule has 0 aliphatic carbocycles. The first-order valence-corrected chi connectivity index (χ1v) is 10.3. The summed E-state index contributed by atoms with van der Waals surface area (Å²) in [6, 6.07) is 19.0. The predicted octanol–water partition coefficient (Wildman–Crippen LogP) is 3.41. The van der Waals surface area contributed by atoms with Crippen LogP contribution in [0.15, 0.2) is 71.6 Å². The molecule has 3 aromatic carbocycles. The number of hydrogen-bond donors (Lipinski definition) is 2. The quantitative estimate of drug-likeness (QED) is 0.639. The van der Waals surface area contributed by atoms with E-state index in [0.717, 1.165) is 10.8 Å². The van der Waals surface area contributed by atoms with Crippen molar-refractivity contribution < 1.29 is 17.9 Å². The minimum Gasteiger partial charge on any atom is -0.383 e. The minimum atomic E-state index is -3.67. The van der Waals surface area contributed by atoms with Gasteiger partial charge in [-0.1, -0.05) is 30.3 Å². The molecule has 3 aromatic rings. The zero-order valence-corrected chi connectivity index (χ0v) is 16.5. The number of benzene rings is 3. The molecule has 0 aliphatic rings. The molecule has 0 unspecified atom stereocenters. The molecule has 1 amide bonds. The zero-order valence-electron chi connectivity index (χ0n) is 15.7. The Morgan fingerprint density at radius 1 is 1.00 bits per heavy atom. The molecular formula is C21H22N2O4S. The van der Waals surface area contributed by atoms with Gasteiger partial charge in [0.2, 0.25) is 10.0 Å². The van der Waals surface area contributed by atoms with Gasteiger partial charge in [-0.3, -0.25) is 4.79 Å². The van der Waals surface area contributed by atoms with Crippen LogP contribution in [0.1, 0.15) is 17.3 Å². The third-order valence-corrected chi connectivity index (χ3v) is 5.81. The first-order valence-electron chi connectivity index (χ1n) is 8.80. The molecule has 28 heavy (non-hydrogen) atoms. The van der Waals surface area contributed by atoms with Gasteiger partial charge in [-0.05, 0) is 54.1 Å². The van der Waals surface area contributed by atoms with Crippen LogP contribution in [0.3, 0.4) is 0 Å². The molecule has 6 nitrogen and oxygen atoms in total.